The lowest BCUT2D eigenvalue weighted by Gasteiger charge is -2.07. The number of hydrogen-bond acceptors (Lipinski definition) is 1. The fraction of sp³-hybridized carbons (Fsp3) is 0.250. The molecule has 0 fully saturated rings. The van der Waals surface area contributed by atoms with E-state index in [2.05, 4.69) is 54.8 Å². The van der Waals surface area contributed by atoms with Crippen LogP contribution in [0.25, 0.3) is 21.8 Å². The first-order valence-corrected chi connectivity index (χ1v) is 6.32. The van der Waals surface area contributed by atoms with E-state index in [4.69, 9.17) is 4.74 Å². The molecule has 3 rings (SSSR count). The normalized spacial score (nSPS) is 11.3. The minimum absolute atomic E-state index is 0.968. The second kappa shape index (κ2) is 4.05. The molecule has 0 atom stereocenters. The number of fused-ring (bicyclic) bond motifs is 3. The number of hydrogen-bond donors (Lipinski definition) is 0. The largest absolute Gasteiger partial charge is 0.496 e. The number of rotatable bonds is 2. The molecule has 3 aromatic rings. The minimum Gasteiger partial charge on any atom is -0.496 e. The Kier molecular flexibility index (Phi) is 2.51. The summed E-state index contributed by atoms with van der Waals surface area (Å²) in [4.78, 5) is 0. The summed E-state index contributed by atoms with van der Waals surface area (Å²) in [5, 5.41) is 2.50. The van der Waals surface area contributed by atoms with Gasteiger partial charge < -0.3 is 9.30 Å². The minimum atomic E-state index is 0.968. The molecule has 0 spiro atoms. The molecule has 0 aliphatic carbocycles. The van der Waals surface area contributed by atoms with Crippen LogP contribution in [-0.2, 0) is 6.54 Å². The first-order valence-electron chi connectivity index (χ1n) is 6.32. The molecule has 0 saturated carbocycles. The smallest absolute Gasteiger partial charge is 0.131 e. The zero-order chi connectivity index (χ0) is 12.7. The first kappa shape index (κ1) is 11.1. The number of para-hydroxylation sites is 1. The van der Waals surface area contributed by atoms with Gasteiger partial charge >= 0.3 is 0 Å². The average molecular weight is 239 g/mol. The molecule has 0 radical (unpaired) electrons. The molecule has 0 N–H and O–H groups in total. The van der Waals surface area contributed by atoms with E-state index in [1.165, 1.54) is 27.4 Å². The average Bonchev–Trinajstić information content (AvgIpc) is 2.72. The van der Waals surface area contributed by atoms with Gasteiger partial charge in [0, 0.05) is 22.8 Å². The van der Waals surface area contributed by atoms with Crippen molar-refractivity contribution in [2.75, 3.05) is 7.11 Å². The maximum Gasteiger partial charge on any atom is 0.131 e. The molecule has 0 aliphatic rings. The van der Waals surface area contributed by atoms with Crippen LogP contribution in [0.1, 0.15) is 12.5 Å². The van der Waals surface area contributed by atoms with Gasteiger partial charge in [0.1, 0.15) is 5.75 Å². The van der Waals surface area contributed by atoms with Gasteiger partial charge in [-0.1, -0.05) is 24.3 Å². The molecular formula is C16H17NO. The fourth-order valence-corrected chi connectivity index (χ4v) is 2.82. The Bertz CT molecular complexity index is 725. The summed E-state index contributed by atoms with van der Waals surface area (Å²) in [7, 11) is 1.75. The first-order chi connectivity index (χ1) is 8.77. The van der Waals surface area contributed by atoms with E-state index in [9.17, 15) is 0 Å². The highest BCUT2D eigenvalue weighted by Gasteiger charge is 2.14. The summed E-state index contributed by atoms with van der Waals surface area (Å²) >= 11 is 0. The third-order valence-electron chi connectivity index (χ3n) is 3.61. The molecule has 1 aromatic heterocycles. The lowest BCUT2D eigenvalue weighted by atomic mass is 10.1. The quantitative estimate of drug-likeness (QED) is 0.655. The second-order valence-electron chi connectivity index (χ2n) is 4.57. The predicted molar refractivity (Wildman–Crippen MR) is 76.4 cm³/mol. The number of nitrogens with zero attached hydrogens (tertiary/aromatic N) is 1. The molecule has 18 heavy (non-hydrogen) atoms. The summed E-state index contributed by atoms with van der Waals surface area (Å²) in [6.45, 7) is 5.24. The van der Waals surface area contributed by atoms with E-state index < -0.39 is 0 Å². The van der Waals surface area contributed by atoms with Crippen molar-refractivity contribution >= 4 is 21.8 Å². The summed E-state index contributed by atoms with van der Waals surface area (Å²) in [5.41, 5.74) is 3.71. The van der Waals surface area contributed by atoms with Gasteiger partial charge in [-0.05, 0) is 31.5 Å². The van der Waals surface area contributed by atoms with Gasteiger partial charge in [-0.25, -0.2) is 0 Å². The topological polar surface area (TPSA) is 14.2 Å². The van der Waals surface area contributed by atoms with E-state index in [0.29, 0.717) is 0 Å². The van der Waals surface area contributed by atoms with E-state index in [0.717, 1.165) is 12.3 Å². The van der Waals surface area contributed by atoms with E-state index in [1.807, 2.05) is 0 Å². The molecule has 92 valence electrons. The Hall–Kier alpha value is -1.96. The van der Waals surface area contributed by atoms with E-state index in [-0.39, 0.29) is 0 Å². The highest BCUT2D eigenvalue weighted by atomic mass is 16.5. The van der Waals surface area contributed by atoms with Crippen LogP contribution < -0.4 is 4.74 Å². The van der Waals surface area contributed by atoms with Crippen molar-refractivity contribution in [3.63, 3.8) is 0 Å². The van der Waals surface area contributed by atoms with E-state index in [1.54, 1.807) is 7.11 Å². The van der Waals surface area contributed by atoms with Crippen LogP contribution in [0.4, 0.5) is 0 Å². The van der Waals surface area contributed by atoms with Crippen LogP contribution in [0.3, 0.4) is 0 Å². The van der Waals surface area contributed by atoms with Gasteiger partial charge in [-0.15, -0.1) is 0 Å². The Balaban J connectivity index is 2.60. The van der Waals surface area contributed by atoms with Crippen molar-refractivity contribution in [1.82, 2.24) is 4.57 Å². The summed E-state index contributed by atoms with van der Waals surface area (Å²) in [6.07, 6.45) is 0. The van der Waals surface area contributed by atoms with Gasteiger partial charge in [0.15, 0.2) is 0 Å². The maximum absolute atomic E-state index is 5.61. The van der Waals surface area contributed by atoms with Crippen LogP contribution in [0, 0.1) is 6.92 Å². The third kappa shape index (κ3) is 1.35. The van der Waals surface area contributed by atoms with Crippen molar-refractivity contribution in [3.8, 4) is 5.75 Å². The van der Waals surface area contributed by atoms with E-state index >= 15 is 0 Å². The van der Waals surface area contributed by atoms with Gasteiger partial charge in [-0.3, -0.25) is 0 Å². The van der Waals surface area contributed by atoms with Crippen LogP contribution >= 0.6 is 0 Å². The number of aryl methyl sites for hydroxylation is 2. The van der Waals surface area contributed by atoms with Crippen molar-refractivity contribution in [1.29, 1.82) is 0 Å². The molecule has 0 bridgehead atoms. The van der Waals surface area contributed by atoms with Gasteiger partial charge in [0.25, 0.3) is 0 Å². The van der Waals surface area contributed by atoms with Gasteiger partial charge in [0.05, 0.1) is 12.6 Å². The Labute approximate surface area is 107 Å². The van der Waals surface area contributed by atoms with Crippen molar-refractivity contribution in [2.45, 2.75) is 20.4 Å². The molecule has 2 nitrogen and oxygen atoms in total. The zero-order valence-electron chi connectivity index (χ0n) is 11.0. The Morgan fingerprint density at radius 2 is 1.83 bits per heavy atom. The lowest BCUT2D eigenvalue weighted by Crippen LogP contribution is -1.93. The highest BCUT2D eigenvalue weighted by Crippen LogP contribution is 2.37. The third-order valence-corrected chi connectivity index (χ3v) is 3.61. The van der Waals surface area contributed by atoms with Crippen LogP contribution in [0.15, 0.2) is 36.4 Å². The molecule has 0 amide bonds. The highest BCUT2D eigenvalue weighted by molar-refractivity contribution is 6.11. The zero-order valence-corrected chi connectivity index (χ0v) is 11.0. The number of ether oxygens (including phenoxy) is 1. The number of aromatic nitrogens is 1. The monoisotopic (exact) mass is 239 g/mol. The van der Waals surface area contributed by atoms with Crippen molar-refractivity contribution < 1.29 is 4.74 Å². The number of benzene rings is 2. The summed E-state index contributed by atoms with van der Waals surface area (Å²) in [5.74, 6) is 0.996. The Morgan fingerprint density at radius 3 is 2.56 bits per heavy atom. The van der Waals surface area contributed by atoms with Crippen LogP contribution in [0.5, 0.6) is 5.75 Å². The predicted octanol–water partition coefficient (Wildman–Crippen LogP) is 4.13. The molecule has 0 unspecified atom stereocenters. The number of methoxy groups -OCH3 is 1. The van der Waals surface area contributed by atoms with Crippen LogP contribution in [0.2, 0.25) is 0 Å². The summed E-state index contributed by atoms with van der Waals surface area (Å²) in [6, 6.07) is 12.8. The maximum atomic E-state index is 5.61. The van der Waals surface area contributed by atoms with Crippen molar-refractivity contribution in [2.24, 2.45) is 0 Å². The second-order valence-corrected chi connectivity index (χ2v) is 4.57. The van der Waals surface area contributed by atoms with Gasteiger partial charge in [-0.2, -0.15) is 0 Å². The SMILES string of the molecule is CCn1c2ccccc2c2c(OC)c(C)ccc21. The molecular weight excluding hydrogens is 222 g/mol. The molecule has 0 aliphatic heterocycles. The lowest BCUT2D eigenvalue weighted by molar-refractivity contribution is 0.417. The summed E-state index contributed by atoms with van der Waals surface area (Å²) < 4.78 is 7.95. The molecule has 0 saturated heterocycles. The molecule has 2 heteroatoms. The standard InChI is InChI=1S/C16H17NO/c1-4-17-13-8-6-5-7-12(13)15-14(17)10-9-11(2)16(15)18-3/h5-10H,4H2,1-3H3. The van der Waals surface area contributed by atoms with Gasteiger partial charge in [0.2, 0.25) is 0 Å². The van der Waals surface area contributed by atoms with Crippen LogP contribution in [-0.4, -0.2) is 11.7 Å². The fourth-order valence-electron chi connectivity index (χ4n) is 2.82. The Morgan fingerprint density at radius 1 is 1.06 bits per heavy atom. The van der Waals surface area contributed by atoms with Crippen molar-refractivity contribution in [3.05, 3.63) is 42.0 Å². The molecule has 1 heterocycles. The molecule has 2 aromatic carbocycles.